The van der Waals surface area contributed by atoms with Crippen molar-refractivity contribution in [3.8, 4) is 0 Å². The normalized spacial score (nSPS) is 17.0. The van der Waals surface area contributed by atoms with Crippen LogP contribution >= 0.6 is 0 Å². The molecule has 1 unspecified atom stereocenters. The average Bonchev–Trinajstić information content (AvgIpc) is 3.06. The van der Waals surface area contributed by atoms with Crippen molar-refractivity contribution in [1.29, 1.82) is 0 Å². The fourth-order valence-electron chi connectivity index (χ4n) is 4.42. The third-order valence-corrected chi connectivity index (χ3v) is 6.26. The molecule has 0 N–H and O–H groups in total. The molecule has 166 valence electrons. The Hall–Kier alpha value is -3.47. The maximum Gasteiger partial charge on any atom is 0.340 e. The molecule has 1 atom stereocenters. The molecule has 0 fully saturated rings. The molecular formula is C27H31N3O2. The van der Waals surface area contributed by atoms with Gasteiger partial charge in [-0.15, -0.1) is 0 Å². The summed E-state index contributed by atoms with van der Waals surface area (Å²) in [5.74, 6) is -0.295. The van der Waals surface area contributed by atoms with Crippen LogP contribution in [0.4, 0.5) is 17.1 Å². The van der Waals surface area contributed by atoms with E-state index in [-0.39, 0.29) is 5.97 Å². The van der Waals surface area contributed by atoms with E-state index in [9.17, 15) is 4.79 Å². The monoisotopic (exact) mass is 429 g/mol. The number of nitrogens with zero attached hydrogens (tertiary/aromatic N) is 3. The van der Waals surface area contributed by atoms with Crippen molar-refractivity contribution in [1.82, 2.24) is 0 Å². The van der Waals surface area contributed by atoms with Gasteiger partial charge in [0.25, 0.3) is 0 Å². The number of cyclic esters (lactones) is 1. The summed E-state index contributed by atoms with van der Waals surface area (Å²) in [6.45, 7) is 2.08. The van der Waals surface area contributed by atoms with Crippen LogP contribution in [0.2, 0.25) is 0 Å². The Bertz CT molecular complexity index is 1170. The molecule has 32 heavy (non-hydrogen) atoms. The van der Waals surface area contributed by atoms with Crippen molar-refractivity contribution in [2.45, 2.75) is 12.5 Å². The molecule has 0 aromatic heterocycles. The molecule has 0 aliphatic carbocycles. The number of esters is 1. The number of ether oxygens (including phenoxy) is 1. The zero-order valence-electron chi connectivity index (χ0n) is 19.9. The van der Waals surface area contributed by atoms with Crippen LogP contribution in [-0.4, -0.2) is 48.3 Å². The van der Waals surface area contributed by atoms with Crippen LogP contribution in [0.1, 0.15) is 32.6 Å². The molecule has 5 nitrogen and oxygen atoms in total. The Morgan fingerprint density at radius 1 is 0.656 bits per heavy atom. The molecular weight excluding hydrogens is 398 g/mol. The molecule has 1 aliphatic rings. The van der Waals surface area contributed by atoms with E-state index < -0.39 is 5.60 Å². The Labute approximate surface area is 190 Å². The third kappa shape index (κ3) is 3.38. The second-order valence-corrected chi connectivity index (χ2v) is 9.03. The SMILES string of the molecule is Cc1cc(N(C)C)ccc1C1(c2ccc(N(C)C)cc2)OC(=O)c2cc(N(C)C)ccc21. The number of carbonyl (C=O) groups is 1. The highest BCUT2D eigenvalue weighted by atomic mass is 16.6. The van der Waals surface area contributed by atoms with Gasteiger partial charge in [0, 0.05) is 76.0 Å². The molecule has 4 rings (SSSR count). The number of benzene rings is 3. The van der Waals surface area contributed by atoms with Gasteiger partial charge in [0.05, 0.1) is 5.56 Å². The van der Waals surface area contributed by atoms with Gasteiger partial charge in [-0.2, -0.15) is 0 Å². The Morgan fingerprint density at radius 2 is 1.16 bits per heavy atom. The predicted octanol–water partition coefficient (Wildman–Crippen LogP) is 4.66. The van der Waals surface area contributed by atoms with Crippen molar-refractivity contribution in [3.63, 3.8) is 0 Å². The summed E-state index contributed by atoms with van der Waals surface area (Å²) < 4.78 is 6.32. The Kier molecular flexibility index (Phi) is 5.37. The summed E-state index contributed by atoms with van der Waals surface area (Å²) in [6.07, 6.45) is 0. The number of hydrogen-bond acceptors (Lipinski definition) is 5. The van der Waals surface area contributed by atoms with Crippen LogP contribution in [0.3, 0.4) is 0 Å². The average molecular weight is 430 g/mol. The Morgan fingerprint density at radius 3 is 1.69 bits per heavy atom. The topological polar surface area (TPSA) is 36.0 Å². The molecule has 0 saturated carbocycles. The summed E-state index contributed by atoms with van der Waals surface area (Å²) >= 11 is 0. The minimum atomic E-state index is -0.989. The number of carbonyl (C=O) groups excluding carboxylic acids is 1. The van der Waals surface area contributed by atoms with Gasteiger partial charge in [-0.25, -0.2) is 4.79 Å². The summed E-state index contributed by atoms with van der Waals surface area (Å²) in [4.78, 5) is 19.3. The fraction of sp³-hybridized carbons (Fsp3) is 0.296. The fourth-order valence-corrected chi connectivity index (χ4v) is 4.42. The minimum absolute atomic E-state index is 0.295. The van der Waals surface area contributed by atoms with E-state index in [1.165, 1.54) is 0 Å². The minimum Gasteiger partial charge on any atom is -0.441 e. The van der Waals surface area contributed by atoms with Gasteiger partial charge >= 0.3 is 5.97 Å². The number of hydrogen-bond donors (Lipinski definition) is 0. The number of rotatable bonds is 5. The smallest absolute Gasteiger partial charge is 0.340 e. The quantitative estimate of drug-likeness (QED) is 0.552. The van der Waals surface area contributed by atoms with Crippen LogP contribution in [-0.2, 0) is 10.3 Å². The molecule has 0 bridgehead atoms. The van der Waals surface area contributed by atoms with Gasteiger partial charge in [0.1, 0.15) is 0 Å². The molecule has 0 radical (unpaired) electrons. The van der Waals surface area contributed by atoms with Crippen LogP contribution < -0.4 is 14.7 Å². The largest absolute Gasteiger partial charge is 0.441 e. The predicted molar refractivity (Wildman–Crippen MR) is 132 cm³/mol. The van der Waals surface area contributed by atoms with Crippen molar-refractivity contribution in [2.75, 3.05) is 57.0 Å². The van der Waals surface area contributed by atoms with E-state index in [1.807, 2.05) is 65.4 Å². The van der Waals surface area contributed by atoms with E-state index in [0.717, 1.165) is 39.3 Å². The first-order chi connectivity index (χ1) is 15.1. The first-order valence-corrected chi connectivity index (χ1v) is 10.8. The van der Waals surface area contributed by atoms with Crippen molar-refractivity contribution < 1.29 is 9.53 Å². The molecule has 3 aromatic carbocycles. The summed E-state index contributed by atoms with van der Waals surface area (Å²) in [6, 6.07) is 20.6. The van der Waals surface area contributed by atoms with Crippen LogP contribution in [0.5, 0.6) is 0 Å². The van der Waals surface area contributed by atoms with E-state index in [1.54, 1.807) is 0 Å². The second-order valence-electron chi connectivity index (χ2n) is 9.03. The van der Waals surface area contributed by atoms with E-state index in [4.69, 9.17) is 4.74 Å². The zero-order valence-corrected chi connectivity index (χ0v) is 19.9. The molecule has 0 amide bonds. The van der Waals surface area contributed by atoms with E-state index in [0.29, 0.717) is 5.56 Å². The summed E-state index contributed by atoms with van der Waals surface area (Å²) in [5.41, 5.74) is 6.67. The lowest BCUT2D eigenvalue weighted by Gasteiger charge is -2.32. The number of anilines is 3. The molecule has 0 saturated heterocycles. The highest BCUT2D eigenvalue weighted by Gasteiger charge is 2.49. The van der Waals surface area contributed by atoms with E-state index in [2.05, 4.69) is 59.2 Å². The van der Waals surface area contributed by atoms with Gasteiger partial charge in [-0.05, 0) is 48.9 Å². The molecule has 3 aromatic rings. The van der Waals surface area contributed by atoms with Gasteiger partial charge in [-0.3, -0.25) is 0 Å². The highest BCUT2D eigenvalue weighted by molar-refractivity contribution is 5.97. The molecule has 1 heterocycles. The van der Waals surface area contributed by atoms with Gasteiger partial charge in [0.15, 0.2) is 5.60 Å². The van der Waals surface area contributed by atoms with Crippen LogP contribution in [0.15, 0.2) is 60.7 Å². The third-order valence-electron chi connectivity index (χ3n) is 6.26. The summed E-state index contributed by atoms with van der Waals surface area (Å²) in [7, 11) is 12.0. The highest BCUT2D eigenvalue weighted by Crippen LogP contribution is 2.49. The van der Waals surface area contributed by atoms with Crippen molar-refractivity contribution in [2.24, 2.45) is 0 Å². The van der Waals surface area contributed by atoms with Gasteiger partial charge < -0.3 is 19.4 Å². The Balaban J connectivity index is 1.99. The van der Waals surface area contributed by atoms with Gasteiger partial charge in [-0.1, -0.05) is 24.3 Å². The molecule has 5 heteroatoms. The van der Waals surface area contributed by atoms with Crippen molar-refractivity contribution >= 4 is 23.0 Å². The second kappa shape index (κ2) is 7.90. The maximum atomic E-state index is 13.2. The first-order valence-electron chi connectivity index (χ1n) is 10.8. The lowest BCUT2D eigenvalue weighted by Crippen LogP contribution is -2.30. The molecule has 0 spiro atoms. The standard InChI is InChI=1S/C27H31N3O2/c1-18-16-21(29(4)5)12-14-24(18)27(19-8-10-20(11-9-19)28(2)3)25-15-13-22(30(6)7)17-23(25)26(31)32-27/h8-17H,1-7H3. The maximum absolute atomic E-state index is 13.2. The van der Waals surface area contributed by atoms with Gasteiger partial charge in [0.2, 0.25) is 0 Å². The van der Waals surface area contributed by atoms with Crippen LogP contribution in [0, 0.1) is 6.92 Å². The number of fused-ring (bicyclic) bond motifs is 1. The van der Waals surface area contributed by atoms with Crippen molar-refractivity contribution in [3.05, 3.63) is 88.5 Å². The zero-order chi connectivity index (χ0) is 23.2. The number of aryl methyl sites for hydroxylation is 1. The molecule has 1 aliphatic heterocycles. The lowest BCUT2D eigenvalue weighted by molar-refractivity contribution is 0.0250. The summed E-state index contributed by atoms with van der Waals surface area (Å²) in [5, 5.41) is 0. The lowest BCUT2D eigenvalue weighted by atomic mass is 9.78. The first kappa shape index (κ1) is 21.8. The van der Waals surface area contributed by atoms with Crippen LogP contribution in [0.25, 0.3) is 0 Å². The van der Waals surface area contributed by atoms with E-state index >= 15 is 0 Å².